The molecule has 0 saturated carbocycles. The Kier molecular flexibility index (Phi) is 8.36. The van der Waals surface area contributed by atoms with E-state index in [4.69, 9.17) is 9.47 Å². The molecule has 0 aliphatic carbocycles. The number of carbonyl (C=O) groups excluding carboxylic acids is 1. The summed E-state index contributed by atoms with van der Waals surface area (Å²) in [5.41, 5.74) is 2.21. The number of aromatic nitrogens is 4. The minimum Gasteiger partial charge on any atom is -0.444 e. The first-order valence-electron chi connectivity index (χ1n) is 13.9. The van der Waals surface area contributed by atoms with Crippen LogP contribution in [-0.4, -0.2) is 73.8 Å². The Morgan fingerprint density at radius 1 is 1.02 bits per heavy atom. The van der Waals surface area contributed by atoms with E-state index >= 15 is 0 Å². The van der Waals surface area contributed by atoms with E-state index in [0.717, 1.165) is 11.1 Å². The van der Waals surface area contributed by atoms with Crippen molar-refractivity contribution >= 4 is 22.9 Å². The molecule has 43 heavy (non-hydrogen) atoms. The van der Waals surface area contributed by atoms with Gasteiger partial charge in [0.25, 0.3) is 5.56 Å². The zero-order valence-electron chi connectivity index (χ0n) is 24.5. The number of fused-ring (bicyclic) bond motifs is 1. The van der Waals surface area contributed by atoms with E-state index in [0.29, 0.717) is 54.2 Å². The Bertz CT molecular complexity index is 1670. The largest absolute Gasteiger partial charge is 0.444 e. The van der Waals surface area contributed by atoms with E-state index in [2.05, 4.69) is 9.97 Å². The van der Waals surface area contributed by atoms with Crippen molar-refractivity contribution in [2.75, 3.05) is 31.1 Å². The predicted molar refractivity (Wildman–Crippen MR) is 156 cm³/mol. The number of anilines is 1. The Morgan fingerprint density at radius 3 is 2.35 bits per heavy atom. The predicted octanol–water partition coefficient (Wildman–Crippen LogP) is 4.00. The summed E-state index contributed by atoms with van der Waals surface area (Å²) in [6.45, 7) is 4.39. The van der Waals surface area contributed by atoms with Crippen molar-refractivity contribution in [3.63, 3.8) is 0 Å². The summed E-state index contributed by atoms with van der Waals surface area (Å²) < 4.78 is 39.4. The SMILES string of the molecule is Cn1c(=O)c2ccc(-c3cnc(N4CCN(C(=O)OC(C)(C)C)CC4)nc3)cc2n1Cc1cc(CO)ccc1OC(F)F. The normalized spacial score (nSPS) is 14.0. The lowest BCUT2D eigenvalue weighted by Gasteiger charge is -2.35. The number of rotatable bonds is 7. The summed E-state index contributed by atoms with van der Waals surface area (Å²) in [6.07, 6.45) is 3.07. The second-order valence-electron chi connectivity index (χ2n) is 11.3. The van der Waals surface area contributed by atoms with E-state index in [1.54, 1.807) is 41.2 Å². The molecule has 0 unspecified atom stereocenters. The molecule has 2 aromatic heterocycles. The van der Waals surface area contributed by atoms with Gasteiger partial charge in [-0.3, -0.25) is 14.2 Å². The van der Waals surface area contributed by atoms with Crippen molar-refractivity contribution in [3.8, 4) is 16.9 Å². The highest BCUT2D eigenvalue weighted by molar-refractivity contribution is 5.84. The maximum Gasteiger partial charge on any atom is 0.410 e. The molecule has 2 aromatic carbocycles. The van der Waals surface area contributed by atoms with Gasteiger partial charge >= 0.3 is 12.7 Å². The molecule has 228 valence electrons. The van der Waals surface area contributed by atoms with Gasteiger partial charge in [-0.15, -0.1) is 0 Å². The summed E-state index contributed by atoms with van der Waals surface area (Å²) in [5.74, 6) is 0.509. The molecule has 0 radical (unpaired) electrons. The molecule has 3 heterocycles. The number of piperazine rings is 1. The molecule has 1 aliphatic heterocycles. The first-order valence-corrected chi connectivity index (χ1v) is 13.9. The Labute approximate surface area is 246 Å². The van der Waals surface area contributed by atoms with Crippen LogP contribution in [0.3, 0.4) is 0 Å². The van der Waals surface area contributed by atoms with Crippen molar-refractivity contribution < 1.29 is 28.2 Å². The maximum absolute atomic E-state index is 13.1. The average molecular weight is 597 g/mol. The quantitative estimate of drug-likeness (QED) is 0.341. The summed E-state index contributed by atoms with van der Waals surface area (Å²) in [6, 6.07) is 9.84. The third kappa shape index (κ3) is 6.61. The number of nitrogens with zero attached hydrogens (tertiary/aromatic N) is 6. The van der Waals surface area contributed by atoms with Gasteiger partial charge in [-0.25, -0.2) is 14.8 Å². The highest BCUT2D eigenvalue weighted by atomic mass is 19.3. The van der Waals surface area contributed by atoms with Crippen molar-refractivity contribution in [1.29, 1.82) is 0 Å². The first-order chi connectivity index (χ1) is 20.4. The number of carbonyl (C=O) groups is 1. The lowest BCUT2D eigenvalue weighted by Crippen LogP contribution is -2.50. The van der Waals surface area contributed by atoms with Gasteiger partial charge in [0.05, 0.1) is 24.1 Å². The number of alkyl halides is 2. The molecule has 4 aromatic rings. The Hall–Kier alpha value is -4.52. The van der Waals surface area contributed by atoms with Gasteiger partial charge < -0.3 is 24.4 Å². The molecule has 1 N–H and O–H groups in total. The fraction of sp³-hybridized carbons (Fsp3) is 0.400. The minimum absolute atomic E-state index is 0.0337. The first kappa shape index (κ1) is 30.0. The summed E-state index contributed by atoms with van der Waals surface area (Å²) >= 11 is 0. The van der Waals surface area contributed by atoms with Crippen LogP contribution >= 0.6 is 0 Å². The molecule has 1 saturated heterocycles. The van der Waals surface area contributed by atoms with Gasteiger partial charge in [-0.1, -0.05) is 12.1 Å². The van der Waals surface area contributed by atoms with Crippen LogP contribution in [0.25, 0.3) is 22.0 Å². The van der Waals surface area contributed by atoms with E-state index in [-0.39, 0.29) is 30.6 Å². The number of amides is 1. The molecule has 1 fully saturated rings. The van der Waals surface area contributed by atoms with E-state index in [1.165, 1.54) is 16.8 Å². The number of ether oxygens (including phenoxy) is 2. The van der Waals surface area contributed by atoms with Crippen LogP contribution in [0.1, 0.15) is 31.9 Å². The lowest BCUT2D eigenvalue weighted by molar-refractivity contribution is -0.0505. The second-order valence-corrected chi connectivity index (χ2v) is 11.3. The zero-order chi connectivity index (χ0) is 30.9. The van der Waals surface area contributed by atoms with Crippen molar-refractivity contribution in [2.45, 2.75) is 46.1 Å². The molecule has 1 aliphatic rings. The number of aliphatic hydroxyl groups excluding tert-OH is 1. The fourth-order valence-corrected chi connectivity index (χ4v) is 5.02. The van der Waals surface area contributed by atoms with Crippen LogP contribution < -0.4 is 15.2 Å². The number of halogens is 2. The van der Waals surface area contributed by atoms with Gasteiger partial charge in [0.15, 0.2) is 0 Å². The average Bonchev–Trinajstić information content (AvgIpc) is 3.21. The van der Waals surface area contributed by atoms with E-state index in [1.807, 2.05) is 37.8 Å². The fourth-order valence-electron chi connectivity index (χ4n) is 5.02. The van der Waals surface area contributed by atoms with Crippen LogP contribution in [0.4, 0.5) is 19.5 Å². The number of aliphatic hydroxyl groups is 1. The molecule has 1 amide bonds. The van der Waals surface area contributed by atoms with Gasteiger partial charge in [0.1, 0.15) is 11.4 Å². The zero-order valence-corrected chi connectivity index (χ0v) is 24.5. The molecule has 0 spiro atoms. The highest BCUT2D eigenvalue weighted by Gasteiger charge is 2.27. The van der Waals surface area contributed by atoms with E-state index in [9.17, 15) is 23.5 Å². The van der Waals surface area contributed by atoms with Gasteiger partial charge in [0, 0.05) is 56.7 Å². The summed E-state index contributed by atoms with van der Waals surface area (Å²) in [7, 11) is 1.60. The van der Waals surface area contributed by atoms with Crippen LogP contribution in [0.5, 0.6) is 5.75 Å². The number of hydrogen-bond acceptors (Lipinski definition) is 8. The van der Waals surface area contributed by atoms with Crippen molar-refractivity contribution in [2.24, 2.45) is 7.05 Å². The smallest absolute Gasteiger partial charge is 0.410 e. The van der Waals surface area contributed by atoms with Crippen LogP contribution in [-0.2, 0) is 24.9 Å². The Morgan fingerprint density at radius 2 is 1.72 bits per heavy atom. The summed E-state index contributed by atoms with van der Waals surface area (Å²) in [5, 5.41) is 10.0. The monoisotopic (exact) mass is 596 g/mol. The van der Waals surface area contributed by atoms with Gasteiger partial charge in [0.2, 0.25) is 5.95 Å². The number of benzene rings is 2. The van der Waals surface area contributed by atoms with E-state index < -0.39 is 12.2 Å². The standard InChI is InChI=1S/C30H34F2N6O5/c1-30(2,3)43-29(41)37-11-9-36(10-12-37)28-33-15-22(16-34-28)20-6-7-23-24(14-20)38(35(4)26(23)40)17-21-13-19(18-39)5-8-25(21)42-27(31)32/h5-8,13-16,27,39H,9-12,17-18H2,1-4H3. The maximum atomic E-state index is 13.1. The van der Waals surface area contributed by atoms with Crippen LogP contribution in [0.2, 0.25) is 0 Å². The van der Waals surface area contributed by atoms with Crippen LogP contribution in [0, 0.1) is 0 Å². The second kappa shape index (κ2) is 12.0. The molecule has 11 nitrogen and oxygen atoms in total. The van der Waals surface area contributed by atoms with Crippen LogP contribution in [0.15, 0.2) is 53.6 Å². The third-order valence-corrected chi connectivity index (χ3v) is 7.19. The topological polar surface area (TPSA) is 115 Å². The Balaban J connectivity index is 1.37. The molecular weight excluding hydrogens is 562 g/mol. The highest BCUT2D eigenvalue weighted by Crippen LogP contribution is 2.27. The van der Waals surface area contributed by atoms with Gasteiger partial charge in [-0.2, -0.15) is 8.78 Å². The molecule has 0 bridgehead atoms. The van der Waals surface area contributed by atoms with Gasteiger partial charge in [-0.05, 0) is 56.2 Å². The van der Waals surface area contributed by atoms with Crippen molar-refractivity contribution in [1.82, 2.24) is 24.2 Å². The molecular formula is C30H34F2N6O5. The third-order valence-electron chi connectivity index (χ3n) is 7.19. The number of hydrogen-bond donors (Lipinski definition) is 1. The summed E-state index contributed by atoms with van der Waals surface area (Å²) in [4.78, 5) is 38.2. The minimum atomic E-state index is -3.02. The molecule has 0 atom stereocenters. The molecule has 5 rings (SSSR count). The lowest BCUT2D eigenvalue weighted by atomic mass is 10.1. The molecule has 13 heteroatoms. The van der Waals surface area contributed by atoms with Crippen molar-refractivity contribution in [3.05, 3.63) is 70.3 Å².